The number of hydrogen-bond donors (Lipinski definition) is 1. The Morgan fingerprint density at radius 3 is 2.40 bits per heavy atom. The van der Waals surface area contributed by atoms with Crippen LogP contribution in [0.5, 0.6) is 5.75 Å². The molecule has 0 saturated heterocycles. The molecule has 0 spiro atoms. The van der Waals surface area contributed by atoms with E-state index in [0.717, 1.165) is 0 Å². The zero-order valence-electron chi connectivity index (χ0n) is 7.86. The highest BCUT2D eigenvalue weighted by atomic mass is 79.9. The topological polar surface area (TPSA) is 35.2 Å². The van der Waals surface area contributed by atoms with Gasteiger partial charge >= 0.3 is 6.18 Å². The minimum absolute atomic E-state index is 0.0312. The van der Waals surface area contributed by atoms with Gasteiger partial charge in [0.2, 0.25) is 0 Å². The Hall–Kier alpha value is -0.750. The molecule has 0 aromatic heterocycles. The third-order valence-electron chi connectivity index (χ3n) is 1.93. The van der Waals surface area contributed by atoms with Crippen molar-refractivity contribution in [3.8, 4) is 5.75 Å². The van der Waals surface area contributed by atoms with Crippen molar-refractivity contribution >= 4 is 15.9 Å². The fraction of sp³-hybridized carbons (Fsp3) is 0.333. The first-order valence-corrected chi connectivity index (χ1v) is 4.83. The Morgan fingerprint density at radius 2 is 2.00 bits per heavy atom. The summed E-state index contributed by atoms with van der Waals surface area (Å²) in [5.74, 6) is 0.146. The summed E-state index contributed by atoms with van der Waals surface area (Å²) in [6, 6.07) is 2.74. The average molecular weight is 284 g/mol. The Balaban J connectivity index is 3.46. The lowest BCUT2D eigenvalue weighted by Crippen LogP contribution is -2.14. The molecule has 0 atom stereocenters. The molecule has 0 saturated carbocycles. The number of hydrogen-bond acceptors (Lipinski definition) is 2. The van der Waals surface area contributed by atoms with Gasteiger partial charge in [0.05, 0.1) is 12.7 Å². The number of ether oxygens (including phenoxy) is 1. The zero-order valence-corrected chi connectivity index (χ0v) is 9.45. The molecular formula is C9H9BrF3NO. The lowest BCUT2D eigenvalue weighted by molar-refractivity contribution is -0.138. The van der Waals surface area contributed by atoms with E-state index in [0.29, 0.717) is 0 Å². The molecular weight excluding hydrogens is 275 g/mol. The maximum Gasteiger partial charge on any atom is 0.417 e. The molecule has 84 valence electrons. The van der Waals surface area contributed by atoms with Gasteiger partial charge in [0.1, 0.15) is 5.75 Å². The van der Waals surface area contributed by atoms with Crippen molar-refractivity contribution in [2.24, 2.45) is 5.73 Å². The quantitative estimate of drug-likeness (QED) is 0.906. The molecule has 0 unspecified atom stereocenters. The van der Waals surface area contributed by atoms with Gasteiger partial charge in [-0.1, -0.05) is 15.9 Å². The van der Waals surface area contributed by atoms with Gasteiger partial charge in [0.15, 0.2) is 0 Å². The monoisotopic (exact) mass is 283 g/mol. The number of rotatable bonds is 2. The molecule has 1 aromatic rings. The fourth-order valence-corrected chi connectivity index (χ4v) is 1.90. The summed E-state index contributed by atoms with van der Waals surface area (Å²) < 4.78 is 42.8. The van der Waals surface area contributed by atoms with Gasteiger partial charge < -0.3 is 10.5 Å². The van der Waals surface area contributed by atoms with Crippen molar-refractivity contribution < 1.29 is 17.9 Å². The lowest BCUT2D eigenvalue weighted by atomic mass is 10.1. The van der Waals surface area contributed by atoms with Gasteiger partial charge in [-0.05, 0) is 12.1 Å². The number of benzene rings is 1. The second kappa shape index (κ2) is 4.40. The van der Waals surface area contributed by atoms with Crippen LogP contribution < -0.4 is 10.5 Å². The summed E-state index contributed by atoms with van der Waals surface area (Å²) in [6.45, 7) is -0.225. The summed E-state index contributed by atoms with van der Waals surface area (Å²) in [7, 11) is 1.31. The van der Waals surface area contributed by atoms with Crippen LogP contribution in [0.4, 0.5) is 13.2 Å². The van der Waals surface area contributed by atoms with Crippen LogP contribution in [-0.4, -0.2) is 7.11 Å². The molecule has 1 rings (SSSR count). The van der Waals surface area contributed by atoms with Gasteiger partial charge in [-0.25, -0.2) is 0 Å². The zero-order chi connectivity index (χ0) is 11.6. The first kappa shape index (κ1) is 12.3. The minimum Gasteiger partial charge on any atom is -0.496 e. The maximum absolute atomic E-state index is 12.7. The van der Waals surface area contributed by atoms with E-state index in [-0.39, 0.29) is 22.3 Å². The summed E-state index contributed by atoms with van der Waals surface area (Å²) in [4.78, 5) is 0. The standard InChI is InChI=1S/C9H9BrF3NO/c1-15-7-3-2-6(10)8(5(7)4-14)9(11,12)13/h2-3H,4,14H2,1H3. The van der Waals surface area contributed by atoms with Crippen LogP contribution in [0.3, 0.4) is 0 Å². The highest BCUT2D eigenvalue weighted by molar-refractivity contribution is 9.10. The van der Waals surface area contributed by atoms with Crippen LogP contribution in [0.25, 0.3) is 0 Å². The van der Waals surface area contributed by atoms with Crippen LogP contribution >= 0.6 is 15.9 Å². The van der Waals surface area contributed by atoms with Crippen LogP contribution in [0.1, 0.15) is 11.1 Å². The van der Waals surface area contributed by atoms with Crippen molar-refractivity contribution in [1.82, 2.24) is 0 Å². The molecule has 0 heterocycles. The number of alkyl halides is 3. The smallest absolute Gasteiger partial charge is 0.417 e. The minimum atomic E-state index is -4.44. The Labute approximate surface area is 93.3 Å². The highest BCUT2D eigenvalue weighted by Crippen LogP contribution is 2.40. The van der Waals surface area contributed by atoms with E-state index in [1.165, 1.54) is 19.2 Å². The molecule has 0 amide bonds. The fourth-order valence-electron chi connectivity index (χ4n) is 1.30. The van der Waals surface area contributed by atoms with Crippen molar-refractivity contribution in [3.05, 3.63) is 27.7 Å². The molecule has 2 nitrogen and oxygen atoms in total. The normalized spacial score (nSPS) is 11.6. The molecule has 0 radical (unpaired) electrons. The largest absolute Gasteiger partial charge is 0.496 e. The van der Waals surface area contributed by atoms with Crippen LogP contribution in [-0.2, 0) is 12.7 Å². The summed E-state index contributed by atoms with van der Waals surface area (Å²) in [6.07, 6.45) is -4.44. The van der Waals surface area contributed by atoms with E-state index >= 15 is 0 Å². The Morgan fingerprint density at radius 1 is 1.40 bits per heavy atom. The van der Waals surface area contributed by atoms with E-state index in [1.807, 2.05) is 0 Å². The van der Waals surface area contributed by atoms with E-state index < -0.39 is 11.7 Å². The predicted octanol–water partition coefficient (Wildman–Crippen LogP) is 2.94. The van der Waals surface area contributed by atoms with Gasteiger partial charge in [0, 0.05) is 16.6 Å². The molecule has 0 fully saturated rings. The van der Waals surface area contributed by atoms with Crippen molar-refractivity contribution in [1.29, 1.82) is 0 Å². The third-order valence-corrected chi connectivity index (χ3v) is 2.59. The van der Waals surface area contributed by atoms with Gasteiger partial charge in [-0.2, -0.15) is 13.2 Å². The van der Waals surface area contributed by atoms with Crippen LogP contribution in [0.15, 0.2) is 16.6 Å². The van der Waals surface area contributed by atoms with Gasteiger partial charge in [0.25, 0.3) is 0 Å². The van der Waals surface area contributed by atoms with Crippen molar-refractivity contribution in [2.45, 2.75) is 12.7 Å². The summed E-state index contributed by atoms with van der Waals surface area (Å²) in [5, 5.41) is 0. The third kappa shape index (κ3) is 2.43. The lowest BCUT2D eigenvalue weighted by Gasteiger charge is -2.16. The van der Waals surface area contributed by atoms with E-state index in [2.05, 4.69) is 15.9 Å². The van der Waals surface area contributed by atoms with E-state index in [1.54, 1.807) is 0 Å². The Kier molecular flexibility index (Phi) is 3.62. The molecule has 6 heteroatoms. The molecule has 1 aromatic carbocycles. The Bertz CT molecular complexity index is 365. The second-order valence-electron chi connectivity index (χ2n) is 2.81. The number of methoxy groups -OCH3 is 1. The number of halogens is 4. The van der Waals surface area contributed by atoms with Crippen molar-refractivity contribution in [3.63, 3.8) is 0 Å². The van der Waals surface area contributed by atoms with Crippen molar-refractivity contribution in [2.75, 3.05) is 7.11 Å². The van der Waals surface area contributed by atoms with Crippen LogP contribution in [0.2, 0.25) is 0 Å². The van der Waals surface area contributed by atoms with Gasteiger partial charge in [-0.15, -0.1) is 0 Å². The maximum atomic E-state index is 12.7. The summed E-state index contributed by atoms with van der Waals surface area (Å²) >= 11 is 2.86. The predicted molar refractivity (Wildman–Crippen MR) is 53.6 cm³/mol. The molecule has 15 heavy (non-hydrogen) atoms. The molecule has 0 aliphatic heterocycles. The van der Waals surface area contributed by atoms with E-state index in [9.17, 15) is 13.2 Å². The molecule has 0 aliphatic carbocycles. The van der Waals surface area contributed by atoms with Gasteiger partial charge in [-0.3, -0.25) is 0 Å². The van der Waals surface area contributed by atoms with Crippen LogP contribution in [0, 0.1) is 0 Å². The first-order valence-electron chi connectivity index (χ1n) is 4.04. The second-order valence-corrected chi connectivity index (χ2v) is 3.66. The summed E-state index contributed by atoms with van der Waals surface area (Å²) in [5.41, 5.74) is 4.48. The SMILES string of the molecule is COc1ccc(Br)c(C(F)(F)F)c1CN. The molecule has 0 bridgehead atoms. The number of nitrogens with two attached hydrogens (primary N) is 1. The highest BCUT2D eigenvalue weighted by Gasteiger charge is 2.36. The molecule has 2 N–H and O–H groups in total. The van der Waals surface area contributed by atoms with E-state index in [4.69, 9.17) is 10.5 Å². The average Bonchev–Trinajstić information content (AvgIpc) is 2.15. The first-order chi connectivity index (χ1) is 6.91. The molecule has 0 aliphatic rings.